The van der Waals surface area contributed by atoms with Crippen molar-refractivity contribution in [2.24, 2.45) is 11.8 Å². The monoisotopic (exact) mass is 313 g/mol. The number of carbonyl (C=O) groups excluding carboxylic acids is 3. The van der Waals surface area contributed by atoms with Crippen LogP contribution >= 0.6 is 0 Å². The predicted octanol–water partition coefficient (Wildman–Crippen LogP) is 2.16. The van der Waals surface area contributed by atoms with Crippen LogP contribution in [-0.4, -0.2) is 29.2 Å². The molecule has 23 heavy (non-hydrogen) atoms. The second-order valence-electron chi connectivity index (χ2n) is 6.14. The Balaban J connectivity index is 1.67. The Morgan fingerprint density at radius 1 is 1.09 bits per heavy atom. The number of amides is 2. The van der Waals surface area contributed by atoms with Gasteiger partial charge in [0.15, 0.2) is 0 Å². The SMILES string of the molecule is Cc1ccc(OC(=O)CN2C(=O)[C@H]3CC=CC[C@@H]3C2=O)cc1C. The van der Waals surface area contributed by atoms with Gasteiger partial charge in [-0.2, -0.15) is 0 Å². The highest BCUT2D eigenvalue weighted by Gasteiger charge is 2.47. The van der Waals surface area contributed by atoms with Crippen molar-refractivity contribution < 1.29 is 19.1 Å². The molecule has 0 spiro atoms. The van der Waals surface area contributed by atoms with E-state index in [2.05, 4.69) is 0 Å². The summed E-state index contributed by atoms with van der Waals surface area (Å²) in [5.74, 6) is -1.33. The summed E-state index contributed by atoms with van der Waals surface area (Å²) in [5.41, 5.74) is 2.12. The van der Waals surface area contributed by atoms with Crippen molar-refractivity contribution >= 4 is 17.8 Å². The maximum absolute atomic E-state index is 12.3. The molecule has 5 nitrogen and oxygen atoms in total. The number of hydrogen-bond donors (Lipinski definition) is 0. The highest BCUT2D eigenvalue weighted by atomic mass is 16.5. The lowest BCUT2D eigenvalue weighted by Gasteiger charge is -2.14. The fourth-order valence-corrected chi connectivity index (χ4v) is 3.10. The van der Waals surface area contributed by atoms with Crippen molar-refractivity contribution in [3.63, 3.8) is 0 Å². The van der Waals surface area contributed by atoms with Crippen molar-refractivity contribution in [1.82, 2.24) is 4.90 Å². The maximum Gasteiger partial charge on any atom is 0.331 e. The number of imide groups is 1. The lowest BCUT2D eigenvalue weighted by molar-refractivity contribution is -0.148. The molecule has 1 aromatic rings. The van der Waals surface area contributed by atoms with Gasteiger partial charge in [0.05, 0.1) is 11.8 Å². The molecule has 1 aliphatic carbocycles. The highest BCUT2D eigenvalue weighted by Crippen LogP contribution is 2.34. The van der Waals surface area contributed by atoms with Crippen LogP contribution in [-0.2, 0) is 14.4 Å². The molecule has 120 valence electrons. The first-order chi connectivity index (χ1) is 11.0. The second-order valence-corrected chi connectivity index (χ2v) is 6.14. The minimum atomic E-state index is -0.596. The Kier molecular flexibility index (Phi) is 4.03. The average Bonchev–Trinajstić information content (AvgIpc) is 2.76. The molecule has 2 amide bonds. The molecule has 0 unspecified atom stereocenters. The summed E-state index contributed by atoms with van der Waals surface area (Å²) < 4.78 is 5.26. The van der Waals surface area contributed by atoms with E-state index in [-0.39, 0.29) is 30.2 Å². The normalized spacial score (nSPS) is 23.1. The van der Waals surface area contributed by atoms with Gasteiger partial charge in [-0.1, -0.05) is 18.2 Å². The molecule has 1 saturated heterocycles. The first kappa shape index (κ1) is 15.5. The van der Waals surface area contributed by atoms with E-state index < -0.39 is 5.97 Å². The quantitative estimate of drug-likeness (QED) is 0.371. The predicted molar refractivity (Wildman–Crippen MR) is 83.6 cm³/mol. The first-order valence-corrected chi connectivity index (χ1v) is 7.75. The largest absolute Gasteiger partial charge is 0.425 e. The smallest absolute Gasteiger partial charge is 0.331 e. The summed E-state index contributed by atoms with van der Waals surface area (Å²) in [6, 6.07) is 5.34. The van der Waals surface area contributed by atoms with Gasteiger partial charge in [-0.25, -0.2) is 4.79 Å². The van der Waals surface area contributed by atoms with Gasteiger partial charge in [0, 0.05) is 0 Å². The van der Waals surface area contributed by atoms with E-state index in [4.69, 9.17) is 4.74 Å². The Morgan fingerprint density at radius 2 is 1.70 bits per heavy atom. The third-order valence-corrected chi connectivity index (χ3v) is 4.60. The zero-order valence-electron chi connectivity index (χ0n) is 13.2. The van der Waals surface area contributed by atoms with Gasteiger partial charge in [0.2, 0.25) is 11.8 Å². The molecule has 0 saturated carbocycles. The Morgan fingerprint density at radius 3 is 2.26 bits per heavy atom. The van der Waals surface area contributed by atoms with Gasteiger partial charge in [-0.3, -0.25) is 14.5 Å². The molecule has 2 atom stereocenters. The molecule has 3 rings (SSSR count). The van der Waals surface area contributed by atoms with Crippen LogP contribution in [0.2, 0.25) is 0 Å². The van der Waals surface area contributed by atoms with Crippen molar-refractivity contribution in [2.45, 2.75) is 26.7 Å². The molecule has 1 aliphatic heterocycles. The molecule has 0 aromatic heterocycles. The third kappa shape index (κ3) is 2.91. The minimum Gasteiger partial charge on any atom is -0.425 e. The van der Waals surface area contributed by atoms with E-state index in [1.165, 1.54) is 0 Å². The molecule has 1 aromatic carbocycles. The summed E-state index contributed by atoms with van der Waals surface area (Å²) in [6.45, 7) is 3.58. The molecular formula is C18H19NO4. The number of benzene rings is 1. The Hall–Kier alpha value is -2.43. The van der Waals surface area contributed by atoms with Gasteiger partial charge >= 0.3 is 5.97 Å². The number of aryl methyl sites for hydroxylation is 2. The number of hydrogen-bond acceptors (Lipinski definition) is 4. The standard InChI is InChI=1S/C18H19NO4/c1-11-7-8-13(9-12(11)2)23-16(20)10-19-17(21)14-5-3-4-6-15(14)18(19)22/h3-4,7-9,14-15H,5-6,10H2,1-2H3/t14-,15-/m0/s1. The van der Waals surface area contributed by atoms with Crippen LogP contribution in [0.5, 0.6) is 5.75 Å². The van der Waals surface area contributed by atoms with E-state index in [0.29, 0.717) is 18.6 Å². The number of esters is 1. The molecular weight excluding hydrogens is 294 g/mol. The number of allylic oxidation sites excluding steroid dienone is 2. The molecule has 1 fully saturated rings. The van der Waals surface area contributed by atoms with Crippen molar-refractivity contribution in [1.29, 1.82) is 0 Å². The number of fused-ring (bicyclic) bond motifs is 1. The van der Waals surface area contributed by atoms with E-state index in [1.807, 2.05) is 32.1 Å². The van der Waals surface area contributed by atoms with E-state index in [1.54, 1.807) is 12.1 Å². The number of ether oxygens (including phenoxy) is 1. The van der Waals surface area contributed by atoms with E-state index >= 15 is 0 Å². The van der Waals surface area contributed by atoms with Crippen molar-refractivity contribution in [3.05, 3.63) is 41.5 Å². The van der Waals surface area contributed by atoms with Gasteiger partial charge < -0.3 is 4.74 Å². The van der Waals surface area contributed by atoms with Crippen LogP contribution in [0.1, 0.15) is 24.0 Å². The summed E-state index contributed by atoms with van der Waals surface area (Å²) in [7, 11) is 0. The Labute approximate surface area is 134 Å². The number of likely N-dealkylation sites (tertiary alicyclic amines) is 1. The lowest BCUT2D eigenvalue weighted by atomic mass is 9.85. The third-order valence-electron chi connectivity index (χ3n) is 4.60. The van der Waals surface area contributed by atoms with Crippen LogP contribution in [0.3, 0.4) is 0 Å². The summed E-state index contributed by atoms with van der Waals surface area (Å²) in [5, 5.41) is 0. The summed E-state index contributed by atoms with van der Waals surface area (Å²) in [6.07, 6.45) is 4.97. The minimum absolute atomic E-state index is 0.263. The van der Waals surface area contributed by atoms with E-state index in [0.717, 1.165) is 16.0 Å². The number of rotatable bonds is 3. The number of carbonyl (C=O) groups is 3. The Bertz CT molecular complexity index is 681. The van der Waals surface area contributed by atoms with Crippen LogP contribution in [0.15, 0.2) is 30.4 Å². The molecule has 0 radical (unpaired) electrons. The molecule has 0 N–H and O–H groups in total. The zero-order valence-corrected chi connectivity index (χ0v) is 13.2. The second kappa shape index (κ2) is 5.99. The van der Waals surface area contributed by atoms with E-state index in [9.17, 15) is 14.4 Å². The average molecular weight is 313 g/mol. The van der Waals surface area contributed by atoms with Crippen molar-refractivity contribution in [2.75, 3.05) is 6.54 Å². The molecule has 2 aliphatic rings. The van der Waals surface area contributed by atoms with Gasteiger partial charge in [-0.05, 0) is 49.9 Å². The van der Waals surface area contributed by atoms with Crippen LogP contribution < -0.4 is 4.74 Å². The fourth-order valence-electron chi connectivity index (χ4n) is 3.10. The van der Waals surface area contributed by atoms with Crippen LogP contribution in [0, 0.1) is 25.7 Å². The maximum atomic E-state index is 12.3. The summed E-state index contributed by atoms with van der Waals surface area (Å²) >= 11 is 0. The topological polar surface area (TPSA) is 63.7 Å². The fraction of sp³-hybridized carbons (Fsp3) is 0.389. The number of nitrogens with zero attached hydrogens (tertiary/aromatic N) is 1. The molecule has 1 heterocycles. The van der Waals surface area contributed by atoms with Gasteiger partial charge in [0.25, 0.3) is 0 Å². The first-order valence-electron chi connectivity index (χ1n) is 7.75. The van der Waals surface area contributed by atoms with Gasteiger partial charge in [-0.15, -0.1) is 0 Å². The van der Waals surface area contributed by atoms with Gasteiger partial charge in [0.1, 0.15) is 12.3 Å². The lowest BCUT2D eigenvalue weighted by Crippen LogP contribution is -2.37. The van der Waals surface area contributed by atoms with Crippen molar-refractivity contribution in [3.8, 4) is 5.75 Å². The molecule has 0 bridgehead atoms. The van der Waals surface area contributed by atoms with Crippen LogP contribution in [0.25, 0.3) is 0 Å². The van der Waals surface area contributed by atoms with Crippen LogP contribution in [0.4, 0.5) is 0 Å². The molecule has 5 heteroatoms. The summed E-state index contributed by atoms with van der Waals surface area (Å²) in [4.78, 5) is 37.7. The zero-order chi connectivity index (χ0) is 16.6. The highest BCUT2D eigenvalue weighted by molar-refractivity contribution is 6.07.